The van der Waals surface area contributed by atoms with E-state index in [1.165, 1.54) is 61.6 Å². The van der Waals surface area contributed by atoms with Crippen LogP contribution in [0.15, 0.2) is 24.3 Å². The van der Waals surface area contributed by atoms with Crippen LogP contribution < -0.4 is 5.32 Å². The van der Waals surface area contributed by atoms with Gasteiger partial charge in [-0.2, -0.15) is 0 Å². The Morgan fingerprint density at radius 2 is 1.68 bits per heavy atom. The lowest BCUT2D eigenvalue weighted by Crippen LogP contribution is -2.52. The molecule has 2 aromatic rings. The Morgan fingerprint density at radius 1 is 1.03 bits per heavy atom. The molecule has 5 rings (SSSR count). The van der Waals surface area contributed by atoms with Crippen LogP contribution in [-0.4, -0.2) is 27.6 Å². The third kappa shape index (κ3) is 5.18. The highest BCUT2D eigenvalue weighted by molar-refractivity contribution is 5.97. The molecular weight excluding hydrogens is 472 g/mol. The average Bonchev–Trinajstić information content (AvgIpc) is 3.52. The van der Waals surface area contributed by atoms with Crippen LogP contribution in [0.4, 0.5) is 0 Å². The highest BCUT2D eigenvalue weighted by atomic mass is 16.4. The second kappa shape index (κ2) is 9.57. The van der Waals surface area contributed by atoms with Gasteiger partial charge >= 0.3 is 5.97 Å². The molecule has 3 aliphatic rings. The molecule has 38 heavy (non-hydrogen) atoms. The fourth-order valence-electron chi connectivity index (χ4n) is 6.58. The van der Waals surface area contributed by atoms with E-state index in [2.05, 4.69) is 68.8 Å². The van der Waals surface area contributed by atoms with Gasteiger partial charge in [-0.05, 0) is 104 Å². The van der Waals surface area contributed by atoms with Crippen LogP contribution in [0.3, 0.4) is 0 Å². The Hall–Kier alpha value is -2.56. The molecule has 0 unspecified atom stereocenters. The Balaban J connectivity index is 1.52. The second-order valence-corrected chi connectivity index (χ2v) is 14.2. The number of carboxylic acid groups (broad SMARTS) is 1. The highest BCUT2D eigenvalue weighted by Gasteiger charge is 2.47. The monoisotopic (exact) mass is 518 g/mol. The lowest BCUT2D eigenvalue weighted by molar-refractivity contribution is -0.154. The third-order valence-electron chi connectivity index (χ3n) is 9.81. The first-order valence-corrected chi connectivity index (χ1v) is 14.7. The lowest BCUT2D eigenvalue weighted by Gasteiger charge is -2.41. The minimum Gasteiger partial charge on any atom is -0.481 e. The van der Waals surface area contributed by atoms with Crippen LogP contribution in [0.25, 0.3) is 11.3 Å². The van der Waals surface area contributed by atoms with Gasteiger partial charge in [0, 0.05) is 24.0 Å². The molecule has 3 saturated carbocycles. The molecule has 206 valence electrons. The molecule has 3 fully saturated rings. The highest BCUT2D eigenvalue weighted by Crippen LogP contribution is 2.49. The molecule has 0 bridgehead atoms. The van der Waals surface area contributed by atoms with Gasteiger partial charge in [0.1, 0.15) is 0 Å². The molecule has 0 spiro atoms. The van der Waals surface area contributed by atoms with E-state index in [-0.39, 0.29) is 22.8 Å². The van der Waals surface area contributed by atoms with E-state index in [0.717, 1.165) is 23.5 Å². The summed E-state index contributed by atoms with van der Waals surface area (Å²) < 4.78 is 2.41. The number of hydrogen-bond donors (Lipinski definition) is 2. The molecule has 1 aromatic carbocycles. The summed E-state index contributed by atoms with van der Waals surface area (Å²) in [5.41, 5.74) is 6.41. The van der Waals surface area contributed by atoms with E-state index in [1.54, 1.807) is 6.92 Å². The predicted molar refractivity (Wildman–Crippen MR) is 153 cm³/mol. The maximum absolute atomic E-state index is 13.5. The number of aromatic nitrogens is 1. The maximum Gasteiger partial charge on any atom is 0.309 e. The van der Waals surface area contributed by atoms with E-state index in [1.807, 2.05) is 0 Å². The number of nitrogens with one attached hydrogen (secondary N) is 1. The zero-order valence-electron chi connectivity index (χ0n) is 24.2. The summed E-state index contributed by atoms with van der Waals surface area (Å²) in [6.07, 6.45) is 9.84. The first-order chi connectivity index (χ1) is 17.8. The largest absolute Gasteiger partial charge is 0.481 e. The Labute approximate surface area is 228 Å². The van der Waals surface area contributed by atoms with E-state index >= 15 is 0 Å². The van der Waals surface area contributed by atoms with Crippen LogP contribution in [0, 0.1) is 18.3 Å². The van der Waals surface area contributed by atoms with Gasteiger partial charge in [0.15, 0.2) is 0 Å². The van der Waals surface area contributed by atoms with Gasteiger partial charge in [0.25, 0.3) is 5.91 Å². The maximum atomic E-state index is 13.5. The van der Waals surface area contributed by atoms with Gasteiger partial charge in [-0.3, -0.25) is 9.59 Å². The quantitative estimate of drug-likeness (QED) is 0.402. The van der Waals surface area contributed by atoms with Gasteiger partial charge in [0.05, 0.1) is 11.0 Å². The van der Waals surface area contributed by atoms with Crippen molar-refractivity contribution in [1.29, 1.82) is 0 Å². The van der Waals surface area contributed by atoms with Crippen LogP contribution in [0.2, 0.25) is 0 Å². The number of carboxylic acids is 1. The SMILES string of the molecule is Cc1c(C(=O)NC2CC(C)(C(=O)O)C2)cc(-c2cc(C(C)(C)C)cc(C3(C)CC3)c2)n1CC1CCCCC1. The second-order valence-electron chi connectivity index (χ2n) is 14.2. The van der Waals surface area contributed by atoms with Crippen molar-refractivity contribution in [3.63, 3.8) is 0 Å². The molecule has 5 heteroatoms. The van der Waals surface area contributed by atoms with Crippen molar-refractivity contribution in [2.75, 3.05) is 0 Å². The number of carbonyl (C=O) groups is 2. The van der Waals surface area contributed by atoms with Crippen LogP contribution in [0.5, 0.6) is 0 Å². The third-order valence-corrected chi connectivity index (χ3v) is 9.81. The summed E-state index contributed by atoms with van der Waals surface area (Å²) >= 11 is 0. The standard InChI is InChI=1S/C33H46N2O3/c1-21-27(29(36)34-26-18-33(6,19-26)30(37)38)17-28(35(21)20-22-10-8-7-9-11-22)23-14-24(31(2,3)4)16-25(15-23)32(5)12-13-32/h14-17,22,26H,7-13,18-20H2,1-6H3,(H,34,36)(H,37,38). The first kappa shape index (κ1) is 27.0. The summed E-state index contributed by atoms with van der Waals surface area (Å²) in [5, 5.41) is 12.6. The molecule has 1 amide bonds. The van der Waals surface area contributed by atoms with Gasteiger partial charge < -0.3 is 15.0 Å². The van der Waals surface area contributed by atoms with E-state index in [0.29, 0.717) is 18.8 Å². The number of hydrogen-bond acceptors (Lipinski definition) is 2. The van der Waals surface area contributed by atoms with Crippen molar-refractivity contribution >= 4 is 11.9 Å². The summed E-state index contributed by atoms with van der Waals surface area (Å²) in [6.45, 7) is 14.0. The smallest absolute Gasteiger partial charge is 0.309 e. The number of aliphatic carboxylic acids is 1. The number of carbonyl (C=O) groups excluding carboxylic acids is 1. The average molecular weight is 519 g/mol. The molecule has 0 atom stereocenters. The first-order valence-electron chi connectivity index (χ1n) is 14.7. The number of amides is 1. The van der Waals surface area contributed by atoms with Gasteiger partial charge in [-0.15, -0.1) is 0 Å². The summed E-state index contributed by atoms with van der Waals surface area (Å²) in [4.78, 5) is 25.1. The number of nitrogens with zero attached hydrogens (tertiary/aromatic N) is 1. The molecule has 2 N–H and O–H groups in total. The molecular formula is C33H46N2O3. The van der Waals surface area contributed by atoms with Gasteiger partial charge in [0.2, 0.25) is 0 Å². The van der Waals surface area contributed by atoms with E-state index in [9.17, 15) is 14.7 Å². The predicted octanol–water partition coefficient (Wildman–Crippen LogP) is 7.38. The van der Waals surface area contributed by atoms with E-state index in [4.69, 9.17) is 0 Å². The number of rotatable bonds is 7. The number of benzene rings is 1. The zero-order chi connectivity index (χ0) is 27.5. The Morgan fingerprint density at radius 3 is 2.26 bits per heavy atom. The van der Waals surface area contributed by atoms with Crippen molar-refractivity contribution in [1.82, 2.24) is 9.88 Å². The zero-order valence-corrected chi connectivity index (χ0v) is 24.2. The molecule has 1 aromatic heterocycles. The van der Waals surface area contributed by atoms with Crippen LogP contribution >= 0.6 is 0 Å². The summed E-state index contributed by atoms with van der Waals surface area (Å²) in [7, 11) is 0. The lowest BCUT2D eigenvalue weighted by atomic mass is 9.67. The normalized spacial score (nSPS) is 25.1. The van der Waals surface area contributed by atoms with Crippen molar-refractivity contribution in [2.24, 2.45) is 11.3 Å². The Bertz CT molecular complexity index is 1210. The van der Waals surface area contributed by atoms with Crippen LogP contribution in [-0.2, 0) is 22.2 Å². The topological polar surface area (TPSA) is 71.3 Å². The molecule has 0 saturated heterocycles. The van der Waals surface area contributed by atoms with Gasteiger partial charge in [-0.1, -0.05) is 53.0 Å². The minimum atomic E-state index is -0.779. The molecule has 3 aliphatic carbocycles. The molecule has 5 nitrogen and oxygen atoms in total. The van der Waals surface area contributed by atoms with Crippen molar-refractivity contribution in [2.45, 2.75) is 123 Å². The molecule has 0 radical (unpaired) electrons. The fourth-order valence-corrected chi connectivity index (χ4v) is 6.58. The summed E-state index contributed by atoms with van der Waals surface area (Å²) in [6, 6.07) is 9.14. The summed E-state index contributed by atoms with van der Waals surface area (Å²) in [5.74, 6) is -0.220. The van der Waals surface area contributed by atoms with Crippen molar-refractivity contribution < 1.29 is 14.7 Å². The Kier molecular flexibility index (Phi) is 6.81. The fraction of sp³-hybridized carbons (Fsp3) is 0.636. The van der Waals surface area contributed by atoms with E-state index < -0.39 is 11.4 Å². The van der Waals surface area contributed by atoms with Crippen LogP contribution in [0.1, 0.15) is 120 Å². The molecule has 1 heterocycles. The van der Waals surface area contributed by atoms with Gasteiger partial charge in [-0.25, -0.2) is 0 Å². The minimum absolute atomic E-state index is 0.0348. The van der Waals surface area contributed by atoms with Crippen molar-refractivity contribution in [3.05, 3.63) is 46.6 Å². The molecule has 0 aliphatic heterocycles. The van der Waals surface area contributed by atoms with Crippen molar-refractivity contribution in [3.8, 4) is 11.3 Å².